The Kier molecular flexibility index (Phi) is 38.5. The molecule has 0 aromatic rings. The van der Waals surface area contributed by atoms with Crippen molar-refractivity contribution in [2.45, 2.75) is 154 Å². The fraction of sp³-hybridized carbons (Fsp3) is 0.609. The van der Waals surface area contributed by atoms with E-state index in [4.69, 9.17) is 23.8 Å². The summed E-state index contributed by atoms with van der Waals surface area (Å²) in [4.78, 5) is 52.7. The van der Waals surface area contributed by atoms with Crippen molar-refractivity contribution in [2.75, 3.05) is 26.4 Å². The summed E-state index contributed by atoms with van der Waals surface area (Å²) in [5.41, 5.74) is 0. The van der Waals surface area contributed by atoms with Gasteiger partial charge in [-0.1, -0.05) is 143 Å². The van der Waals surface area contributed by atoms with Crippen LogP contribution in [0.1, 0.15) is 129 Å². The van der Waals surface area contributed by atoms with E-state index in [1.807, 2.05) is 24.3 Å². The van der Waals surface area contributed by atoms with Crippen molar-refractivity contribution in [3.05, 3.63) is 97.2 Å². The van der Waals surface area contributed by atoms with Crippen LogP contribution in [-0.2, 0) is 41.8 Å². The van der Waals surface area contributed by atoms with Gasteiger partial charge < -0.3 is 39.5 Å². The Bertz CT molecular complexity index is 1510. The molecule has 0 aliphatic heterocycles. The molecule has 0 aliphatic carbocycles. The molecule has 17 heteroatoms. The molecule has 6 N–H and O–H groups in total. The summed E-state index contributed by atoms with van der Waals surface area (Å²) in [7, 11) is -9.77. The molecular formula is C46H76O15P2. The molecule has 0 aromatic heterocycles. The number of hydrogen-bond donors (Lipinski definition) is 6. The second-order valence-electron chi connectivity index (χ2n) is 14.6. The topological polar surface area (TPSA) is 236 Å². The molecule has 0 aliphatic rings. The van der Waals surface area contributed by atoms with Crippen molar-refractivity contribution in [1.29, 1.82) is 0 Å². The summed E-state index contributed by atoms with van der Waals surface area (Å²) in [5.74, 6) is -1.30. The Morgan fingerprint density at radius 1 is 0.540 bits per heavy atom. The van der Waals surface area contributed by atoms with Crippen LogP contribution in [0.3, 0.4) is 0 Å². The van der Waals surface area contributed by atoms with E-state index in [-0.39, 0.29) is 25.7 Å². The number of carbonyl (C=O) groups excluding carboxylic acids is 2. The summed E-state index contributed by atoms with van der Waals surface area (Å²) in [6, 6.07) is 0. The molecule has 15 nitrogen and oxygen atoms in total. The highest BCUT2D eigenvalue weighted by Gasteiger charge is 2.28. The number of aliphatic hydroxyl groups is 3. The SMILES string of the molecule is CC/C=C\C/C=C\C/C=C\C/C=C\CCCCCCC(=O)O[C@H](COC(=O)CCC[C@@H](O)/C=C/C=C\C/C=C\C=C\[C@@H](O)CCCCC)COP(=O)(O)OC[C@@H](O)COP(=O)(O)O. The van der Waals surface area contributed by atoms with Gasteiger partial charge in [0.05, 0.1) is 32.0 Å². The molecule has 0 aromatic carbocycles. The van der Waals surface area contributed by atoms with Crippen molar-refractivity contribution in [1.82, 2.24) is 0 Å². The normalized spacial score (nSPS) is 15.9. The number of rotatable bonds is 40. The van der Waals surface area contributed by atoms with Crippen molar-refractivity contribution in [3.8, 4) is 0 Å². The van der Waals surface area contributed by atoms with Crippen LogP contribution in [0, 0.1) is 0 Å². The van der Waals surface area contributed by atoms with E-state index in [1.54, 1.807) is 24.3 Å². The van der Waals surface area contributed by atoms with Crippen molar-refractivity contribution >= 4 is 27.6 Å². The van der Waals surface area contributed by atoms with E-state index >= 15 is 0 Å². The fourth-order valence-electron chi connectivity index (χ4n) is 5.26. The number of unbranched alkanes of at least 4 members (excludes halogenated alkanes) is 6. The maximum absolute atomic E-state index is 12.7. The lowest BCUT2D eigenvalue weighted by atomic mass is 10.1. The van der Waals surface area contributed by atoms with Crippen molar-refractivity contribution < 1.29 is 71.8 Å². The molecule has 1 unspecified atom stereocenters. The van der Waals surface area contributed by atoms with Crippen LogP contribution in [-0.4, -0.2) is 92.8 Å². The molecule has 0 radical (unpaired) electrons. The van der Waals surface area contributed by atoms with Gasteiger partial charge in [0.1, 0.15) is 12.7 Å². The molecular weight excluding hydrogens is 854 g/mol. The average molecular weight is 931 g/mol. The van der Waals surface area contributed by atoms with Crippen LogP contribution in [0.2, 0.25) is 0 Å². The highest BCUT2D eigenvalue weighted by molar-refractivity contribution is 7.47. The second-order valence-corrected chi connectivity index (χ2v) is 17.3. The van der Waals surface area contributed by atoms with E-state index < -0.39 is 78.4 Å². The molecule has 0 bridgehead atoms. The number of aliphatic hydroxyl groups excluding tert-OH is 3. The predicted molar refractivity (Wildman–Crippen MR) is 246 cm³/mol. The average Bonchev–Trinajstić information content (AvgIpc) is 3.23. The smallest absolute Gasteiger partial charge is 0.462 e. The van der Waals surface area contributed by atoms with Crippen LogP contribution in [0.4, 0.5) is 0 Å². The second kappa shape index (κ2) is 40.5. The number of hydrogen-bond acceptors (Lipinski definition) is 12. The van der Waals surface area contributed by atoms with Crippen molar-refractivity contribution in [2.24, 2.45) is 0 Å². The van der Waals surface area contributed by atoms with E-state index in [9.17, 15) is 38.9 Å². The monoisotopic (exact) mass is 930 g/mol. The maximum atomic E-state index is 12.7. The summed E-state index contributed by atoms with van der Waals surface area (Å²) in [6.07, 6.45) is 40.4. The first-order chi connectivity index (χ1) is 30.2. The van der Waals surface area contributed by atoms with E-state index in [0.717, 1.165) is 77.0 Å². The van der Waals surface area contributed by atoms with E-state index in [1.165, 1.54) is 0 Å². The first-order valence-corrected chi connectivity index (χ1v) is 25.2. The van der Waals surface area contributed by atoms with Gasteiger partial charge in [0, 0.05) is 12.8 Å². The van der Waals surface area contributed by atoms with Crippen LogP contribution >= 0.6 is 15.6 Å². The lowest BCUT2D eigenvalue weighted by Crippen LogP contribution is -2.30. The molecule has 0 heterocycles. The number of phosphoric ester groups is 2. The van der Waals surface area contributed by atoms with Gasteiger partial charge in [-0.15, -0.1) is 0 Å². The molecule has 0 rings (SSSR count). The number of ether oxygens (including phenoxy) is 2. The standard InChI is InChI=1S/C46H76O15P2/c1-3-5-7-8-9-10-11-12-13-14-15-16-17-18-22-25-29-35-46(51)61-44(40-60-63(55,56)59-38-43(49)37-58-62(52,53)54)39-57-45(50)36-30-34-42(48)33-28-24-21-19-20-23-27-32-41(47)31-26-6-4-2/h5,7,9-10,12-13,15-16,20-21,23-24,27-28,32-33,41-44,47-49H,3-4,6,8,11,14,17-19,22,25-26,29-31,34-40H2,1-2H3,(H,55,56)(H2,52,53,54)/b7-5-,10-9-,13-12-,16-15-,23-20-,24-21-,32-27+,33-28+/t41-,42-,43-,44+/m0/s1. The number of phosphoric acid groups is 2. The molecule has 0 amide bonds. The van der Waals surface area contributed by atoms with Gasteiger partial charge in [-0.3, -0.25) is 23.2 Å². The first kappa shape index (κ1) is 60.0. The molecule has 0 saturated carbocycles. The summed E-state index contributed by atoms with van der Waals surface area (Å²) < 4.78 is 47.6. The Morgan fingerprint density at radius 2 is 1.06 bits per heavy atom. The van der Waals surface area contributed by atoms with Crippen molar-refractivity contribution in [3.63, 3.8) is 0 Å². The minimum absolute atomic E-state index is 0.0480. The molecule has 5 atom stereocenters. The molecule has 0 fully saturated rings. The lowest BCUT2D eigenvalue weighted by Gasteiger charge is -2.20. The summed E-state index contributed by atoms with van der Waals surface area (Å²) >= 11 is 0. The van der Waals surface area contributed by atoms with Gasteiger partial charge in [-0.05, 0) is 70.6 Å². The van der Waals surface area contributed by atoms with Crippen LogP contribution in [0.15, 0.2) is 97.2 Å². The largest absolute Gasteiger partial charge is 0.472 e. The van der Waals surface area contributed by atoms with E-state index in [0.29, 0.717) is 12.8 Å². The summed E-state index contributed by atoms with van der Waals surface area (Å²) in [6.45, 7) is 1.24. The van der Waals surface area contributed by atoms with Gasteiger partial charge in [0.2, 0.25) is 0 Å². The third kappa shape index (κ3) is 44.0. The minimum Gasteiger partial charge on any atom is -0.462 e. The van der Waals surface area contributed by atoms with Gasteiger partial charge in [0.25, 0.3) is 0 Å². The maximum Gasteiger partial charge on any atom is 0.472 e. The zero-order valence-electron chi connectivity index (χ0n) is 37.4. The quantitative estimate of drug-likeness (QED) is 0.0110. The van der Waals surface area contributed by atoms with Gasteiger partial charge >= 0.3 is 27.6 Å². The molecule has 63 heavy (non-hydrogen) atoms. The Balaban J connectivity index is 4.80. The first-order valence-electron chi connectivity index (χ1n) is 22.1. The molecule has 0 saturated heterocycles. The zero-order valence-corrected chi connectivity index (χ0v) is 39.1. The number of allylic oxidation sites excluding steroid dienone is 14. The zero-order chi connectivity index (χ0) is 46.9. The van der Waals surface area contributed by atoms with Gasteiger partial charge in [-0.2, -0.15) is 0 Å². The van der Waals surface area contributed by atoms with Crippen LogP contribution < -0.4 is 0 Å². The molecule has 0 spiro atoms. The molecule has 360 valence electrons. The third-order valence-electron chi connectivity index (χ3n) is 8.65. The predicted octanol–water partition coefficient (Wildman–Crippen LogP) is 9.28. The minimum atomic E-state index is -4.90. The van der Waals surface area contributed by atoms with Crippen LogP contribution in [0.5, 0.6) is 0 Å². The Labute approximate surface area is 375 Å². The van der Waals surface area contributed by atoms with E-state index in [2.05, 4.69) is 71.5 Å². The Hall–Kier alpha value is -3.04. The fourth-order valence-corrected chi connectivity index (χ4v) is 6.41. The van der Waals surface area contributed by atoms with Gasteiger partial charge in [-0.25, -0.2) is 9.13 Å². The summed E-state index contributed by atoms with van der Waals surface area (Å²) in [5, 5.41) is 29.9. The number of carbonyl (C=O) groups is 2. The van der Waals surface area contributed by atoms with Gasteiger partial charge in [0.15, 0.2) is 6.10 Å². The highest BCUT2D eigenvalue weighted by atomic mass is 31.2. The number of esters is 2. The third-order valence-corrected chi connectivity index (χ3v) is 10.1. The van der Waals surface area contributed by atoms with Crippen LogP contribution in [0.25, 0.3) is 0 Å². The Morgan fingerprint density at radius 3 is 1.67 bits per heavy atom. The highest BCUT2D eigenvalue weighted by Crippen LogP contribution is 2.43. The lowest BCUT2D eigenvalue weighted by molar-refractivity contribution is -0.161.